The monoisotopic (exact) mass is 307 g/mol. The van der Waals surface area contributed by atoms with Crippen molar-refractivity contribution in [1.29, 1.82) is 0 Å². The van der Waals surface area contributed by atoms with Crippen LogP contribution in [-0.2, 0) is 6.54 Å². The van der Waals surface area contributed by atoms with Crippen LogP contribution in [0.1, 0.15) is 16.1 Å². The van der Waals surface area contributed by atoms with E-state index in [2.05, 4.69) is 31.2 Å². The predicted octanol–water partition coefficient (Wildman–Crippen LogP) is 2.55. The molecule has 0 saturated carbocycles. The molecule has 0 fully saturated rings. The number of halogens is 1. The summed E-state index contributed by atoms with van der Waals surface area (Å²) in [4.78, 5) is 18.7. The molecule has 2 rings (SSSR count). The highest BCUT2D eigenvalue weighted by Gasteiger charge is 2.11. The van der Waals surface area contributed by atoms with E-state index < -0.39 is 5.97 Å². The van der Waals surface area contributed by atoms with Crippen molar-refractivity contribution in [2.45, 2.75) is 6.54 Å². The second kappa shape index (κ2) is 5.59. The van der Waals surface area contributed by atoms with Gasteiger partial charge in [-0.25, -0.2) is 14.8 Å². The fraction of sp³-hybridized carbons (Fsp3) is 0.0833. The molecule has 0 amide bonds. The number of carboxylic acid groups (broad SMARTS) is 1. The lowest BCUT2D eigenvalue weighted by atomic mass is 10.2. The third kappa shape index (κ3) is 3.04. The third-order valence-corrected chi connectivity index (χ3v) is 2.80. The maximum atomic E-state index is 10.9. The molecule has 92 valence electrons. The molecular formula is C12H10BrN3O2. The fourth-order valence-corrected chi connectivity index (χ4v) is 1.68. The van der Waals surface area contributed by atoms with Crippen molar-refractivity contribution in [2.75, 3.05) is 5.32 Å². The van der Waals surface area contributed by atoms with E-state index >= 15 is 0 Å². The largest absolute Gasteiger partial charge is 0.476 e. The first-order valence-electron chi connectivity index (χ1n) is 5.19. The highest BCUT2D eigenvalue weighted by Crippen LogP contribution is 2.13. The Morgan fingerprint density at radius 3 is 2.56 bits per heavy atom. The molecule has 0 bridgehead atoms. The summed E-state index contributed by atoms with van der Waals surface area (Å²) in [5.41, 5.74) is 0.954. The van der Waals surface area contributed by atoms with Gasteiger partial charge in [0.1, 0.15) is 0 Å². The van der Waals surface area contributed by atoms with Crippen LogP contribution < -0.4 is 5.32 Å². The molecule has 1 heterocycles. The van der Waals surface area contributed by atoms with Crippen LogP contribution in [0.4, 0.5) is 5.82 Å². The number of carboxylic acids is 1. The van der Waals surface area contributed by atoms with Crippen LogP contribution >= 0.6 is 15.9 Å². The number of nitrogens with zero attached hydrogens (tertiary/aromatic N) is 2. The number of anilines is 1. The summed E-state index contributed by atoms with van der Waals surface area (Å²) in [7, 11) is 0. The molecule has 0 unspecified atom stereocenters. The number of nitrogens with one attached hydrogen (secondary N) is 1. The lowest BCUT2D eigenvalue weighted by Crippen LogP contribution is -2.10. The Bertz CT molecular complexity index is 558. The molecule has 2 N–H and O–H groups in total. The van der Waals surface area contributed by atoms with Gasteiger partial charge in [-0.1, -0.05) is 28.1 Å². The summed E-state index contributed by atoms with van der Waals surface area (Å²) < 4.78 is 0.997. The summed E-state index contributed by atoms with van der Waals surface area (Å²) >= 11 is 3.35. The van der Waals surface area contributed by atoms with E-state index in [4.69, 9.17) is 5.11 Å². The Balaban J connectivity index is 2.10. The Hall–Kier alpha value is -1.95. The quantitative estimate of drug-likeness (QED) is 0.908. The van der Waals surface area contributed by atoms with Crippen LogP contribution in [0.3, 0.4) is 0 Å². The van der Waals surface area contributed by atoms with Gasteiger partial charge in [-0.2, -0.15) is 0 Å². The van der Waals surface area contributed by atoms with Crippen molar-refractivity contribution in [3.63, 3.8) is 0 Å². The van der Waals surface area contributed by atoms with Gasteiger partial charge in [0.05, 0.1) is 0 Å². The lowest BCUT2D eigenvalue weighted by Gasteiger charge is -2.07. The van der Waals surface area contributed by atoms with E-state index in [0.717, 1.165) is 10.0 Å². The van der Waals surface area contributed by atoms with E-state index in [1.54, 1.807) is 0 Å². The van der Waals surface area contributed by atoms with Crippen molar-refractivity contribution in [2.24, 2.45) is 0 Å². The number of carbonyl (C=O) groups is 1. The van der Waals surface area contributed by atoms with Crippen LogP contribution in [0, 0.1) is 0 Å². The molecular weight excluding hydrogens is 298 g/mol. The minimum Gasteiger partial charge on any atom is -0.476 e. The minimum atomic E-state index is -1.10. The van der Waals surface area contributed by atoms with E-state index in [1.165, 1.54) is 12.4 Å². The van der Waals surface area contributed by atoms with Crippen LogP contribution in [-0.4, -0.2) is 21.0 Å². The molecule has 0 aliphatic rings. The fourth-order valence-electron chi connectivity index (χ4n) is 1.41. The van der Waals surface area contributed by atoms with Crippen molar-refractivity contribution in [3.8, 4) is 0 Å². The van der Waals surface area contributed by atoms with Gasteiger partial charge in [0, 0.05) is 23.4 Å². The summed E-state index contributed by atoms with van der Waals surface area (Å²) in [6, 6.07) is 7.72. The first-order valence-corrected chi connectivity index (χ1v) is 5.99. The number of rotatable bonds is 4. The summed E-state index contributed by atoms with van der Waals surface area (Å²) in [5.74, 6) is -0.825. The molecule has 18 heavy (non-hydrogen) atoms. The zero-order chi connectivity index (χ0) is 13.0. The Morgan fingerprint density at radius 1 is 1.22 bits per heavy atom. The average Bonchev–Trinajstić information content (AvgIpc) is 2.38. The zero-order valence-corrected chi connectivity index (χ0v) is 10.9. The standard InChI is InChI=1S/C12H10BrN3O2/c13-9-3-1-8(2-4-9)7-16-11-10(12(17)18)14-5-6-15-11/h1-6H,7H2,(H,15,16)(H,17,18). The number of hydrogen-bond acceptors (Lipinski definition) is 4. The number of aromatic carboxylic acids is 1. The van der Waals surface area contributed by atoms with Gasteiger partial charge in [0.15, 0.2) is 11.5 Å². The highest BCUT2D eigenvalue weighted by atomic mass is 79.9. The lowest BCUT2D eigenvalue weighted by molar-refractivity contribution is 0.0691. The third-order valence-electron chi connectivity index (χ3n) is 2.27. The number of benzene rings is 1. The Kier molecular flexibility index (Phi) is 3.88. The van der Waals surface area contributed by atoms with Crippen LogP contribution in [0.5, 0.6) is 0 Å². The van der Waals surface area contributed by atoms with E-state index in [1.807, 2.05) is 24.3 Å². The van der Waals surface area contributed by atoms with Gasteiger partial charge in [0.25, 0.3) is 0 Å². The zero-order valence-electron chi connectivity index (χ0n) is 9.30. The van der Waals surface area contributed by atoms with Gasteiger partial charge >= 0.3 is 5.97 Å². The van der Waals surface area contributed by atoms with E-state index in [-0.39, 0.29) is 11.5 Å². The van der Waals surface area contributed by atoms with Crippen molar-refractivity contribution >= 4 is 27.7 Å². The molecule has 0 aliphatic carbocycles. The molecule has 0 atom stereocenters. The maximum Gasteiger partial charge on any atom is 0.358 e. The molecule has 1 aromatic carbocycles. The van der Waals surface area contributed by atoms with Crippen molar-refractivity contribution in [3.05, 3.63) is 52.4 Å². The van der Waals surface area contributed by atoms with Crippen molar-refractivity contribution in [1.82, 2.24) is 9.97 Å². The second-order valence-electron chi connectivity index (χ2n) is 3.54. The summed E-state index contributed by atoms with van der Waals surface area (Å²) in [6.45, 7) is 0.492. The van der Waals surface area contributed by atoms with Gasteiger partial charge in [0.2, 0.25) is 0 Å². The number of aromatic nitrogens is 2. The molecule has 0 radical (unpaired) electrons. The van der Waals surface area contributed by atoms with Gasteiger partial charge in [-0.3, -0.25) is 0 Å². The minimum absolute atomic E-state index is 0.0744. The topological polar surface area (TPSA) is 75.1 Å². The SMILES string of the molecule is O=C(O)c1nccnc1NCc1ccc(Br)cc1. The predicted molar refractivity (Wildman–Crippen MR) is 70.5 cm³/mol. The van der Waals surface area contributed by atoms with E-state index in [9.17, 15) is 4.79 Å². The second-order valence-corrected chi connectivity index (χ2v) is 4.45. The molecule has 5 nitrogen and oxygen atoms in total. The summed E-state index contributed by atoms with van der Waals surface area (Å²) in [6.07, 6.45) is 2.81. The average molecular weight is 308 g/mol. The van der Waals surface area contributed by atoms with E-state index in [0.29, 0.717) is 6.54 Å². The molecule has 0 saturated heterocycles. The Morgan fingerprint density at radius 2 is 1.89 bits per heavy atom. The van der Waals surface area contributed by atoms with Gasteiger partial charge in [-0.15, -0.1) is 0 Å². The molecule has 6 heteroatoms. The normalized spacial score (nSPS) is 10.1. The first-order chi connectivity index (χ1) is 8.66. The van der Waals surface area contributed by atoms with Crippen molar-refractivity contribution < 1.29 is 9.90 Å². The molecule has 1 aromatic heterocycles. The van der Waals surface area contributed by atoms with Crippen LogP contribution in [0.15, 0.2) is 41.1 Å². The van der Waals surface area contributed by atoms with Crippen LogP contribution in [0.2, 0.25) is 0 Å². The summed E-state index contributed by atoms with van der Waals surface area (Å²) in [5, 5.41) is 11.9. The molecule has 2 aromatic rings. The molecule has 0 spiro atoms. The highest BCUT2D eigenvalue weighted by molar-refractivity contribution is 9.10. The first kappa shape index (κ1) is 12.5. The maximum absolute atomic E-state index is 10.9. The van der Waals surface area contributed by atoms with Crippen LogP contribution in [0.25, 0.3) is 0 Å². The smallest absolute Gasteiger partial charge is 0.358 e. The number of hydrogen-bond donors (Lipinski definition) is 2. The molecule has 0 aliphatic heterocycles. The van der Waals surface area contributed by atoms with Gasteiger partial charge in [-0.05, 0) is 17.7 Å². The Labute approximate surface area is 112 Å². The van der Waals surface area contributed by atoms with Gasteiger partial charge < -0.3 is 10.4 Å².